The van der Waals surface area contributed by atoms with Crippen molar-refractivity contribution in [3.63, 3.8) is 0 Å². The van der Waals surface area contributed by atoms with Gasteiger partial charge in [0.05, 0.1) is 12.6 Å². The zero-order valence-electron chi connectivity index (χ0n) is 15.0. The first-order valence-electron chi connectivity index (χ1n) is 9.33. The first-order valence-corrected chi connectivity index (χ1v) is 9.33. The molecular formula is C19H25FN4O2. The van der Waals surface area contributed by atoms with Crippen LogP contribution in [0.5, 0.6) is 0 Å². The van der Waals surface area contributed by atoms with Crippen LogP contribution >= 0.6 is 0 Å². The van der Waals surface area contributed by atoms with E-state index in [-0.39, 0.29) is 11.9 Å². The van der Waals surface area contributed by atoms with E-state index in [0.717, 1.165) is 45.6 Å². The molecule has 1 aromatic heterocycles. The van der Waals surface area contributed by atoms with Gasteiger partial charge in [0.2, 0.25) is 5.89 Å². The summed E-state index contributed by atoms with van der Waals surface area (Å²) in [4.78, 5) is 6.85. The van der Waals surface area contributed by atoms with Gasteiger partial charge in [0.1, 0.15) is 5.82 Å². The van der Waals surface area contributed by atoms with E-state index in [4.69, 9.17) is 9.26 Å². The van der Waals surface area contributed by atoms with Crippen LogP contribution in [0.4, 0.5) is 4.39 Å². The number of likely N-dealkylation sites (tertiary alicyclic amines) is 1. The van der Waals surface area contributed by atoms with Crippen LogP contribution in [0.1, 0.15) is 42.6 Å². The summed E-state index contributed by atoms with van der Waals surface area (Å²) in [6, 6.07) is 7.22. The first kappa shape index (κ1) is 17.6. The number of rotatable bonds is 5. The quantitative estimate of drug-likeness (QED) is 0.884. The Hall–Kier alpha value is -1.83. The molecule has 2 fully saturated rings. The van der Waals surface area contributed by atoms with Crippen LogP contribution in [0.2, 0.25) is 0 Å². The van der Waals surface area contributed by atoms with Crippen LogP contribution in [0.15, 0.2) is 28.8 Å². The molecule has 0 bridgehead atoms. The van der Waals surface area contributed by atoms with Gasteiger partial charge in [-0.2, -0.15) is 4.98 Å². The number of hydrogen-bond acceptors (Lipinski definition) is 6. The Balaban J connectivity index is 1.46. The highest BCUT2D eigenvalue weighted by Crippen LogP contribution is 2.26. The number of ether oxygens (including phenoxy) is 1. The maximum atomic E-state index is 14.4. The SMILES string of the molecule is Cc1nc(C(NC2CCN(C3CCOC3)CC2)c2ccccc2F)no1. The summed E-state index contributed by atoms with van der Waals surface area (Å²) < 4.78 is 25.0. The second-order valence-corrected chi connectivity index (χ2v) is 7.12. The molecule has 1 N–H and O–H groups in total. The predicted molar refractivity (Wildman–Crippen MR) is 94.2 cm³/mol. The zero-order valence-corrected chi connectivity index (χ0v) is 15.0. The van der Waals surface area contributed by atoms with E-state index in [9.17, 15) is 4.39 Å². The molecule has 6 nitrogen and oxygen atoms in total. The van der Waals surface area contributed by atoms with Gasteiger partial charge in [0.15, 0.2) is 5.82 Å². The number of piperidine rings is 1. The molecule has 0 amide bonds. The second-order valence-electron chi connectivity index (χ2n) is 7.12. The number of nitrogens with zero attached hydrogens (tertiary/aromatic N) is 3. The molecule has 140 valence electrons. The maximum absolute atomic E-state index is 14.4. The number of nitrogens with one attached hydrogen (secondary N) is 1. The molecule has 4 rings (SSSR count). The Bertz CT molecular complexity index is 724. The molecule has 26 heavy (non-hydrogen) atoms. The minimum Gasteiger partial charge on any atom is -0.380 e. The van der Waals surface area contributed by atoms with Gasteiger partial charge in [-0.05, 0) is 25.3 Å². The lowest BCUT2D eigenvalue weighted by Crippen LogP contribution is -2.47. The van der Waals surface area contributed by atoms with Crippen LogP contribution in [0.3, 0.4) is 0 Å². The Kier molecular flexibility index (Phi) is 5.28. The normalized spacial score (nSPS) is 23.4. The van der Waals surface area contributed by atoms with Gasteiger partial charge >= 0.3 is 0 Å². The van der Waals surface area contributed by atoms with Crippen molar-refractivity contribution < 1.29 is 13.7 Å². The van der Waals surface area contributed by atoms with Crippen molar-refractivity contribution in [1.29, 1.82) is 0 Å². The highest BCUT2D eigenvalue weighted by molar-refractivity contribution is 5.26. The number of hydrogen-bond donors (Lipinski definition) is 1. The summed E-state index contributed by atoms with van der Waals surface area (Å²) in [5.74, 6) is 0.714. The molecule has 3 heterocycles. The Labute approximate surface area is 152 Å². The average Bonchev–Trinajstić information content (AvgIpc) is 3.33. The Morgan fingerprint density at radius 3 is 2.69 bits per heavy atom. The van der Waals surface area contributed by atoms with E-state index >= 15 is 0 Å². The monoisotopic (exact) mass is 360 g/mol. The summed E-state index contributed by atoms with van der Waals surface area (Å²) in [6.45, 7) is 5.52. The van der Waals surface area contributed by atoms with Crippen molar-refractivity contribution in [1.82, 2.24) is 20.4 Å². The summed E-state index contributed by atoms with van der Waals surface area (Å²) in [7, 11) is 0. The van der Waals surface area contributed by atoms with Gasteiger partial charge in [-0.1, -0.05) is 23.4 Å². The van der Waals surface area contributed by atoms with Gasteiger partial charge in [0, 0.05) is 44.3 Å². The van der Waals surface area contributed by atoms with Gasteiger partial charge in [0.25, 0.3) is 0 Å². The molecule has 1 aromatic carbocycles. The van der Waals surface area contributed by atoms with E-state index in [1.807, 2.05) is 6.07 Å². The smallest absolute Gasteiger partial charge is 0.223 e. The van der Waals surface area contributed by atoms with Crippen molar-refractivity contribution in [2.45, 2.75) is 44.3 Å². The van der Waals surface area contributed by atoms with E-state index < -0.39 is 6.04 Å². The molecule has 0 aliphatic carbocycles. The lowest BCUT2D eigenvalue weighted by Gasteiger charge is -2.36. The lowest BCUT2D eigenvalue weighted by atomic mass is 9.99. The first-order chi connectivity index (χ1) is 12.7. The maximum Gasteiger partial charge on any atom is 0.223 e. The fourth-order valence-electron chi connectivity index (χ4n) is 3.92. The highest BCUT2D eigenvalue weighted by Gasteiger charge is 2.30. The van der Waals surface area contributed by atoms with Crippen molar-refractivity contribution in [2.24, 2.45) is 0 Å². The average molecular weight is 360 g/mol. The summed E-state index contributed by atoms with van der Waals surface area (Å²) in [6.07, 6.45) is 3.15. The summed E-state index contributed by atoms with van der Waals surface area (Å²) in [5, 5.41) is 7.61. The second kappa shape index (κ2) is 7.82. The fraction of sp³-hybridized carbons (Fsp3) is 0.579. The molecule has 2 aliphatic heterocycles. The Morgan fingerprint density at radius 1 is 1.23 bits per heavy atom. The molecule has 2 aromatic rings. The molecule has 2 saturated heterocycles. The van der Waals surface area contributed by atoms with E-state index in [1.54, 1.807) is 19.1 Å². The van der Waals surface area contributed by atoms with Gasteiger partial charge in [-0.25, -0.2) is 4.39 Å². The molecular weight excluding hydrogens is 335 g/mol. The predicted octanol–water partition coefficient (Wildman–Crippen LogP) is 2.45. The third-order valence-corrected chi connectivity index (χ3v) is 5.37. The minimum absolute atomic E-state index is 0.256. The Morgan fingerprint density at radius 2 is 2.04 bits per heavy atom. The van der Waals surface area contributed by atoms with Crippen LogP contribution in [0, 0.1) is 12.7 Å². The number of halogens is 1. The van der Waals surface area contributed by atoms with Crippen molar-refractivity contribution in [3.05, 3.63) is 47.4 Å². The van der Waals surface area contributed by atoms with Crippen molar-refractivity contribution in [2.75, 3.05) is 26.3 Å². The molecule has 2 aliphatic rings. The zero-order chi connectivity index (χ0) is 17.9. The summed E-state index contributed by atoms with van der Waals surface area (Å²) >= 11 is 0. The molecule has 0 spiro atoms. The van der Waals surface area contributed by atoms with Crippen LogP contribution < -0.4 is 5.32 Å². The molecule has 2 atom stereocenters. The lowest BCUT2D eigenvalue weighted by molar-refractivity contribution is 0.115. The van der Waals surface area contributed by atoms with E-state index in [2.05, 4.69) is 20.4 Å². The number of aryl methyl sites for hydroxylation is 1. The topological polar surface area (TPSA) is 63.4 Å². The van der Waals surface area contributed by atoms with Crippen molar-refractivity contribution >= 4 is 0 Å². The standard InChI is InChI=1S/C19H25FN4O2/c1-13-21-19(23-26-13)18(16-4-2-3-5-17(16)20)22-14-6-9-24(10-7-14)15-8-11-25-12-15/h2-5,14-15,18,22H,6-12H2,1H3. The largest absolute Gasteiger partial charge is 0.380 e. The molecule has 7 heteroatoms. The van der Waals surface area contributed by atoms with Crippen molar-refractivity contribution in [3.8, 4) is 0 Å². The van der Waals surface area contributed by atoms with Gasteiger partial charge in [-0.3, -0.25) is 4.90 Å². The summed E-state index contributed by atoms with van der Waals surface area (Å²) in [5.41, 5.74) is 0.555. The van der Waals surface area contributed by atoms with Crippen LogP contribution in [0.25, 0.3) is 0 Å². The third-order valence-electron chi connectivity index (χ3n) is 5.37. The van der Waals surface area contributed by atoms with Crippen LogP contribution in [-0.4, -0.2) is 53.4 Å². The van der Waals surface area contributed by atoms with E-state index in [1.165, 1.54) is 6.07 Å². The minimum atomic E-state index is -0.403. The molecule has 2 unspecified atom stereocenters. The van der Waals surface area contributed by atoms with Crippen LogP contribution in [-0.2, 0) is 4.74 Å². The fourth-order valence-corrected chi connectivity index (χ4v) is 3.92. The number of aromatic nitrogens is 2. The van der Waals surface area contributed by atoms with Gasteiger partial charge in [-0.15, -0.1) is 0 Å². The highest BCUT2D eigenvalue weighted by atomic mass is 19.1. The third kappa shape index (κ3) is 3.79. The molecule has 0 saturated carbocycles. The van der Waals surface area contributed by atoms with Gasteiger partial charge < -0.3 is 14.6 Å². The molecule has 0 radical (unpaired) electrons. The van der Waals surface area contributed by atoms with E-state index in [0.29, 0.717) is 23.3 Å². The number of benzene rings is 1.